The summed E-state index contributed by atoms with van der Waals surface area (Å²) in [5.41, 5.74) is -0.116. The van der Waals surface area contributed by atoms with Gasteiger partial charge in [-0.2, -0.15) is 13.2 Å². The molecular weight excluding hydrogens is 324 g/mol. The van der Waals surface area contributed by atoms with Crippen LogP contribution in [-0.4, -0.2) is 29.6 Å². The maximum atomic E-state index is 12.7. The number of carbonyl (C=O) groups excluding carboxylic acids is 1. The predicted molar refractivity (Wildman–Crippen MR) is 81.6 cm³/mol. The molecule has 0 spiro atoms. The number of carbonyl (C=O) groups is 1. The van der Waals surface area contributed by atoms with E-state index in [0.717, 1.165) is 12.3 Å². The highest BCUT2D eigenvalue weighted by Crippen LogP contribution is 2.29. The first-order chi connectivity index (χ1) is 11.2. The number of nitrogens with one attached hydrogen (secondary N) is 1. The van der Waals surface area contributed by atoms with Gasteiger partial charge in [0, 0.05) is 11.9 Å². The fourth-order valence-corrected chi connectivity index (χ4v) is 1.99. The van der Waals surface area contributed by atoms with E-state index in [1.165, 1.54) is 12.2 Å². The number of alkyl halides is 3. The molecule has 1 aliphatic rings. The number of amides is 1. The van der Waals surface area contributed by atoms with Gasteiger partial charge in [0.05, 0.1) is 12.2 Å². The maximum Gasteiger partial charge on any atom is 0.491 e. The van der Waals surface area contributed by atoms with Crippen molar-refractivity contribution < 1.29 is 27.6 Å². The molecule has 2 N–H and O–H groups in total. The molecule has 0 saturated carbocycles. The Morgan fingerprint density at radius 3 is 2.79 bits per heavy atom. The Labute approximate surface area is 136 Å². The Morgan fingerprint density at radius 2 is 2.25 bits per heavy atom. The van der Waals surface area contributed by atoms with Crippen LogP contribution in [0.4, 0.5) is 13.2 Å². The van der Waals surface area contributed by atoms with Crippen LogP contribution in [0.25, 0.3) is 0 Å². The minimum atomic E-state index is -4.56. The normalized spacial score (nSPS) is 17.5. The van der Waals surface area contributed by atoms with E-state index < -0.39 is 24.8 Å². The molecule has 24 heavy (non-hydrogen) atoms. The molecule has 9 heteroatoms. The number of hydrogen-bond acceptors (Lipinski definition) is 4. The van der Waals surface area contributed by atoms with E-state index in [2.05, 4.69) is 16.9 Å². The molecule has 0 bridgehead atoms. The molecule has 1 aliphatic heterocycles. The van der Waals surface area contributed by atoms with Gasteiger partial charge in [-0.1, -0.05) is 12.7 Å². The van der Waals surface area contributed by atoms with Crippen molar-refractivity contribution in [3.05, 3.63) is 65.1 Å². The van der Waals surface area contributed by atoms with E-state index in [4.69, 9.17) is 4.65 Å². The van der Waals surface area contributed by atoms with Crippen LogP contribution in [0.15, 0.2) is 53.8 Å². The van der Waals surface area contributed by atoms with E-state index in [1.807, 2.05) is 0 Å². The summed E-state index contributed by atoms with van der Waals surface area (Å²) in [6.07, 6.45) is -0.670. The van der Waals surface area contributed by atoms with Crippen LogP contribution in [-0.2, 0) is 10.8 Å². The summed E-state index contributed by atoms with van der Waals surface area (Å²) in [6, 6.07) is 1.45. The van der Waals surface area contributed by atoms with Crippen molar-refractivity contribution in [1.82, 2.24) is 10.3 Å². The van der Waals surface area contributed by atoms with Gasteiger partial charge < -0.3 is 15.0 Å². The third-order valence-electron chi connectivity index (χ3n) is 3.29. The fraction of sp³-hybridized carbons (Fsp3) is 0.200. The fourth-order valence-electron chi connectivity index (χ4n) is 1.99. The van der Waals surface area contributed by atoms with E-state index in [-0.39, 0.29) is 18.0 Å². The summed E-state index contributed by atoms with van der Waals surface area (Å²) in [4.78, 5) is 15.8. The second kappa shape index (κ2) is 7.02. The third kappa shape index (κ3) is 4.12. The van der Waals surface area contributed by atoms with Crippen molar-refractivity contribution in [2.24, 2.45) is 0 Å². The van der Waals surface area contributed by atoms with E-state index in [0.29, 0.717) is 17.1 Å². The molecule has 126 valence electrons. The lowest BCUT2D eigenvalue weighted by molar-refractivity contribution is -0.137. The Bertz CT molecular complexity index is 729. The molecule has 1 fully saturated rings. The number of hydrogen-bond donors (Lipinski definition) is 2. The molecule has 0 unspecified atom stereocenters. The van der Waals surface area contributed by atoms with Crippen LogP contribution in [0.3, 0.4) is 0 Å². The van der Waals surface area contributed by atoms with E-state index in [9.17, 15) is 23.0 Å². The summed E-state index contributed by atoms with van der Waals surface area (Å²) in [5, 5.41) is 12.1. The molecule has 0 radical (unpaired) electrons. The van der Waals surface area contributed by atoms with Gasteiger partial charge >= 0.3 is 13.3 Å². The van der Waals surface area contributed by atoms with Crippen molar-refractivity contribution in [2.75, 3.05) is 6.61 Å². The summed E-state index contributed by atoms with van der Waals surface area (Å²) >= 11 is 0. The Hall–Kier alpha value is -2.39. The van der Waals surface area contributed by atoms with Gasteiger partial charge in [0.1, 0.15) is 5.69 Å². The largest absolute Gasteiger partial charge is 0.491 e. The quantitative estimate of drug-likeness (QED) is 0.830. The Kier molecular flexibility index (Phi) is 5.25. The monoisotopic (exact) mass is 338 g/mol. The predicted octanol–water partition coefficient (Wildman–Crippen LogP) is 2.27. The van der Waals surface area contributed by atoms with Gasteiger partial charge in [-0.05, 0) is 36.2 Å². The molecule has 0 aliphatic carbocycles. The van der Waals surface area contributed by atoms with Gasteiger partial charge in [0.2, 0.25) is 0 Å². The van der Waals surface area contributed by atoms with Gasteiger partial charge in [0.15, 0.2) is 0 Å². The lowest BCUT2D eigenvalue weighted by Gasteiger charge is -2.10. The van der Waals surface area contributed by atoms with Crippen LogP contribution in [0, 0.1) is 0 Å². The number of nitrogens with zero attached hydrogens (tertiary/aromatic N) is 1. The number of aromatic nitrogens is 1. The molecule has 0 aromatic carbocycles. The number of halogens is 3. The number of rotatable bonds is 3. The zero-order valence-electron chi connectivity index (χ0n) is 12.7. The standard InChI is InChI=1S/C15H14BF3N2O3/c1-3-11(7-12-9(2)8-24-16(12)23)21-14(22)13-6-10(4-5-20-13)15(17,18)19/h3-7,23H,2,8H2,1H3,(H,21,22)/b11-3+,12-7+. The number of allylic oxidation sites excluding steroid dienone is 2. The van der Waals surface area contributed by atoms with Crippen LogP contribution in [0.1, 0.15) is 23.0 Å². The summed E-state index contributed by atoms with van der Waals surface area (Å²) in [7, 11) is -1.16. The first kappa shape index (κ1) is 18.0. The SMILES string of the molecule is C=C1COB(O)/C1=C/C(=C\C)NC(=O)c1cc(C(F)(F)F)ccn1. The summed E-state index contributed by atoms with van der Waals surface area (Å²) in [5.74, 6) is -0.801. The molecule has 5 nitrogen and oxygen atoms in total. The maximum absolute atomic E-state index is 12.7. The zero-order chi connectivity index (χ0) is 17.9. The van der Waals surface area contributed by atoms with Crippen molar-refractivity contribution in [1.29, 1.82) is 0 Å². The summed E-state index contributed by atoms with van der Waals surface area (Å²) < 4.78 is 43.0. The molecular formula is C15H14BF3N2O3. The first-order valence-electron chi connectivity index (χ1n) is 6.92. The Balaban J connectivity index is 2.19. The minimum Gasteiger partial charge on any atom is -0.423 e. The molecule has 1 aromatic rings. The summed E-state index contributed by atoms with van der Waals surface area (Å²) in [6.45, 7) is 5.50. The van der Waals surface area contributed by atoms with E-state index in [1.54, 1.807) is 6.92 Å². The molecule has 2 heterocycles. The van der Waals surface area contributed by atoms with Gasteiger partial charge in [-0.25, -0.2) is 0 Å². The van der Waals surface area contributed by atoms with Crippen molar-refractivity contribution >= 4 is 13.0 Å². The molecule has 0 atom stereocenters. The van der Waals surface area contributed by atoms with Crippen molar-refractivity contribution in [3.8, 4) is 0 Å². The first-order valence-corrected chi connectivity index (χ1v) is 6.92. The zero-order valence-corrected chi connectivity index (χ0v) is 12.7. The average molecular weight is 338 g/mol. The minimum absolute atomic E-state index is 0.160. The van der Waals surface area contributed by atoms with Crippen LogP contribution >= 0.6 is 0 Å². The molecule has 1 amide bonds. The van der Waals surface area contributed by atoms with E-state index >= 15 is 0 Å². The van der Waals surface area contributed by atoms with Gasteiger partial charge in [-0.15, -0.1) is 0 Å². The Morgan fingerprint density at radius 1 is 1.54 bits per heavy atom. The molecule has 1 saturated heterocycles. The average Bonchev–Trinajstić information content (AvgIpc) is 2.85. The van der Waals surface area contributed by atoms with Crippen LogP contribution in [0.2, 0.25) is 0 Å². The highest BCUT2D eigenvalue weighted by molar-refractivity contribution is 6.55. The van der Waals surface area contributed by atoms with Crippen LogP contribution < -0.4 is 5.32 Å². The second-order valence-corrected chi connectivity index (χ2v) is 4.99. The smallest absolute Gasteiger partial charge is 0.423 e. The second-order valence-electron chi connectivity index (χ2n) is 4.99. The van der Waals surface area contributed by atoms with Crippen molar-refractivity contribution in [3.63, 3.8) is 0 Å². The van der Waals surface area contributed by atoms with Gasteiger partial charge in [0.25, 0.3) is 5.91 Å². The molecule has 1 aromatic heterocycles. The lowest BCUT2D eigenvalue weighted by atomic mass is 9.77. The van der Waals surface area contributed by atoms with Crippen LogP contribution in [0.5, 0.6) is 0 Å². The highest BCUT2D eigenvalue weighted by atomic mass is 19.4. The van der Waals surface area contributed by atoms with Gasteiger partial charge in [-0.3, -0.25) is 9.78 Å². The third-order valence-corrected chi connectivity index (χ3v) is 3.29. The highest BCUT2D eigenvalue weighted by Gasteiger charge is 2.32. The lowest BCUT2D eigenvalue weighted by Crippen LogP contribution is -2.24. The topological polar surface area (TPSA) is 71.5 Å². The van der Waals surface area contributed by atoms with Crippen molar-refractivity contribution in [2.45, 2.75) is 13.1 Å². The number of pyridine rings is 1. The molecule has 2 rings (SSSR count).